The van der Waals surface area contributed by atoms with Crippen molar-refractivity contribution in [2.45, 2.75) is 6.92 Å². The number of anilines is 1. The van der Waals surface area contributed by atoms with E-state index >= 15 is 0 Å². The van der Waals surface area contributed by atoms with Crippen molar-refractivity contribution in [3.63, 3.8) is 0 Å². The van der Waals surface area contributed by atoms with Crippen LogP contribution in [0.5, 0.6) is 0 Å². The standard InChI is InChI=1S/C10H8F4N2OS/c1-3(9(15)18)10(17)16-8-6(13)4(11)2-5(12)7(8)14/h2-3H,1H3,(H2,15,18)(H,16,17). The van der Waals surface area contributed by atoms with E-state index in [4.69, 9.17) is 5.73 Å². The van der Waals surface area contributed by atoms with Gasteiger partial charge < -0.3 is 11.1 Å². The van der Waals surface area contributed by atoms with Crippen LogP contribution in [0.15, 0.2) is 6.07 Å². The molecule has 18 heavy (non-hydrogen) atoms. The third-order valence-corrected chi connectivity index (χ3v) is 2.53. The number of nitrogens with one attached hydrogen (secondary N) is 1. The monoisotopic (exact) mass is 280 g/mol. The molecule has 98 valence electrons. The zero-order valence-electron chi connectivity index (χ0n) is 9.06. The second-order valence-corrected chi connectivity index (χ2v) is 3.93. The molecule has 0 aliphatic carbocycles. The Labute approximate surface area is 105 Å². The zero-order valence-corrected chi connectivity index (χ0v) is 9.88. The van der Waals surface area contributed by atoms with Gasteiger partial charge in [0.05, 0.1) is 10.9 Å². The van der Waals surface area contributed by atoms with Crippen LogP contribution in [-0.2, 0) is 4.79 Å². The number of thiocarbonyl (C=S) groups is 1. The molecule has 0 fully saturated rings. The van der Waals surface area contributed by atoms with Gasteiger partial charge in [0.25, 0.3) is 0 Å². The van der Waals surface area contributed by atoms with Crippen LogP contribution in [0.1, 0.15) is 6.92 Å². The Morgan fingerprint density at radius 3 is 2.11 bits per heavy atom. The fourth-order valence-corrected chi connectivity index (χ4v) is 1.15. The van der Waals surface area contributed by atoms with E-state index in [0.717, 1.165) is 0 Å². The Morgan fingerprint density at radius 1 is 1.28 bits per heavy atom. The molecule has 1 amide bonds. The Morgan fingerprint density at radius 2 is 1.72 bits per heavy atom. The first-order valence-corrected chi connectivity index (χ1v) is 5.09. The van der Waals surface area contributed by atoms with Crippen molar-refractivity contribution in [3.05, 3.63) is 29.3 Å². The van der Waals surface area contributed by atoms with E-state index in [2.05, 4.69) is 12.2 Å². The maximum absolute atomic E-state index is 13.2. The summed E-state index contributed by atoms with van der Waals surface area (Å²) in [4.78, 5) is 11.2. The highest BCUT2D eigenvalue weighted by atomic mass is 32.1. The third-order valence-electron chi connectivity index (χ3n) is 2.18. The second kappa shape index (κ2) is 5.30. The lowest BCUT2D eigenvalue weighted by molar-refractivity contribution is -0.117. The number of halogens is 4. The molecule has 1 atom stereocenters. The van der Waals surface area contributed by atoms with Crippen LogP contribution in [0.4, 0.5) is 23.2 Å². The van der Waals surface area contributed by atoms with E-state index in [1.165, 1.54) is 6.92 Å². The van der Waals surface area contributed by atoms with Gasteiger partial charge in [-0.2, -0.15) is 0 Å². The summed E-state index contributed by atoms with van der Waals surface area (Å²) in [5.41, 5.74) is 3.95. The van der Waals surface area contributed by atoms with Gasteiger partial charge in [-0.1, -0.05) is 12.2 Å². The number of carbonyl (C=O) groups excluding carboxylic acids is 1. The zero-order chi connectivity index (χ0) is 14.0. The molecule has 0 aliphatic rings. The highest BCUT2D eigenvalue weighted by Gasteiger charge is 2.23. The molecular formula is C10H8F4N2OS. The van der Waals surface area contributed by atoms with Gasteiger partial charge in [0.1, 0.15) is 5.69 Å². The van der Waals surface area contributed by atoms with E-state index < -0.39 is 40.8 Å². The molecule has 0 aromatic heterocycles. The Kier molecular flexibility index (Phi) is 4.23. The molecule has 0 saturated heterocycles. The number of amides is 1. The van der Waals surface area contributed by atoms with Gasteiger partial charge in [-0.15, -0.1) is 0 Å². The Bertz CT molecular complexity index is 495. The summed E-state index contributed by atoms with van der Waals surface area (Å²) in [5, 5.41) is 1.70. The molecule has 1 aromatic rings. The molecular weight excluding hydrogens is 272 g/mol. The minimum atomic E-state index is -1.70. The predicted molar refractivity (Wildman–Crippen MR) is 60.9 cm³/mol. The van der Waals surface area contributed by atoms with Gasteiger partial charge in [0.2, 0.25) is 5.91 Å². The second-order valence-electron chi connectivity index (χ2n) is 3.46. The summed E-state index contributed by atoms with van der Waals surface area (Å²) in [5.74, 6) is -8.63. The lowest BCUT2D eigenvalue weighted by Crippen LogP contribution is -2.31. The van der Waals surface area contributed by atoms with E-state index in [9.17, 15) is 22.4 Å². The minimum Gasteiger partial charge on any atom is -0.393 e. The van der Waals surface area contributed by atoms with Gasteiger partial charge in [-0.25, -0.2) is 17.6 Å². The number of hydrogen-bond donors (Lipinski definition) is 2. The maximum Gasteiger partial charge on any atom is 0.234 e. The van der Waals surface area contributed by atoms with Gasteiger partial charge in [0.15, 0.2) is 23.3 Å². The van der Waals surface area contributed by atoms with Crippen LogP contribution >= 0.6 is 12.2 Å². The molecule has 0 radical (unpaired) electrons. The highest BCUT2D eigenvalue weighted by molar-refractivity contribution is 7.80. The number of nitrogens with two attached hydrogens (primary N) is 1. The SMILES string of the molecule is CC(C(=O)Nc1c(F)c(F)cc(F)c1F)C(N)=S. The van der Waals surface area contributed by atoms with Crippen LogP contribution in [-0.4, -0.2) is 10.9 Å². The first-order valence-electron chi connectivity index (χ1n) is 4.68. The van der Waals surface area contributed by atoms with Gasteiger partial charge in [0, 0.05) is 6.07 Å². The van der Waals surface area contributed by atoms with E-state index in [-0.39, 0.29) is 11.1 Å². The predicted octanol–water partition coefficient (Wildman–Crippen LogP) is 2.10. The molecule has 1 rings (SSSR count). The van der Waals surface area contributed by atoms with Crippen LogP contribution in [0, 0.1) is 29.2 Å². The first-order chi connectivity index (χ1) is 8.25. The topological polar surface area (TPSA) is 55.1 Å². The number of carbonyl (C=O) groups is 1. The van der Waals surface area contributed by atoms with Crippen molar-refractivity contribution in [2.75, 3.05) is 5.32 Å². The van der Waals surface area contributed by atoms with Gasteiger partial charge in [-0.05, 0) is 6.92 Å². The fourth-order valence-electron chi connectivity index (χ4n) is 1.04. The van der Waals surface area contributed by atoms with Crippen molar-refractivity contribution in [1.82, 2.24) is 0 Å². The van der Waals surface area contributed by atoms with Gasteiger partial charge >= 0.3 is 0 Å². The van der Waals surface area contributed by atoms with Crippen molar-refractivity contribution >= 4 is 28.8 Å². The molecule has 0 saturated carbocycles. The van der Waals surface area contributed by atoms with Crippen molar-refractivity contribution in [1.29, 1.82) is 0 Å². The number of benzene rings is 1. The van der Waals surface area contributed by atoms with Crippen LogP contribution in [0.3, 0.4) is 0 Å². The smallest absolute Gasteiger partial charge is 0.234 e. The van der Waals surface area contributed by atoms with Gasteiger partial charge in [-0.3, -0.25) is 4.79 Å². The molecule has 1 aromatic carbocycles. The van der Waals surface area contributed by atoms with Crippen LogP contribution in [0.25, 0.3) is 0 Å². The fraction of sp³-hybridized carbons (Fsp3) is 0.200. The van der Waals surface area contributed by atoms with Crippen molar-refractivity contribution < 1.29 is 22.4 Å². The van der Waals surface area contributed by atoms with Crippen LogP contribution < -0.4 is 11.1 Å². The molecule has 1 unspecified atom stereocenters. The van der Waals surface area contributed by atoms with E-state index in [0.29, 0.717) is 0 Å². The Hall–Kier alpha value is -1.70. The number of hydrogen-bond acceptors (Lipinski definition) is 2. The highest BCUT2D eigenvalue weighted by Crippen LogP contribution is 2.24. The summed E-state index contributed by atoms with van der Waals surface area (Å²) in [6, 6.07) is 0.0390. The molecule has 0 aliphatic heterocycles. The van der Waals surface area contributed by atoms with Crippen LogP contribution in [0.2, 0.25) is 0 Å². The average Bonchev–Trinajstić information content (AvgIpc) is 2.30. The summed E-state index contributed by atoms with van der Waals surface area (Å²) >= 11 is 4.51. The lowest BCUT2D eigenvalue weighted by Gasteiger charge is -2.12. The summed E-state index contributed by atoms with van der Waals surface area (Å²) in [6.07, 6.45) is 0. The third kappa shape index (κ3) is 2.76. The molecule has 0 bridgehead atoms. The van der Waals surface area contributed by atoms with Crippen molar-refractivity contribution in [3.8, 4) is 0 Å². The largest absolute Gasteiger partial charge is 0.393 e. The lowest BCUT2D eigenvalue weighted by atomic mass is 10.1. The number of rotatable bonds is 3. The molecule has 3 N–H and O–H groups in total. The quantitative estimate of drug-likeness (QED) is 0.506. The van der Waals surface area contributed by atoms with Crippen molar-refractivity contribution in [2.24, 2.45) is 11.7 Å². The van der Waals surface area contributed by atoms with E-state index in [1.807, 2.05) is 0 Å². The summed E-state index contributed by atoms with van der Waals surface area (Å²) in [6.45, 7) is 1.28. The minimum absolute atomic E-state index is 0.0390. The molecule has 8 heteroatoms. The maximum atomic E-state index is 13.2. The molecule has 0 spiro atoms. The molecule has 3 nitrogen and oxygen atoms in total. The normalized spacial score (nSPS) is 12.1. The summed E-state index contributed by atoms with van der Waals surface area (Å²) < 4.78 is 52.1. The molecule has 0 heterocycles. The summed E-state index contributed by atoms with van der Waals surface area (Å²) in [7, 11) is 0. The first kappa shape index (κ1) is 14.4. The average molecular weight is 280 g/mol. The van der Waals surface area contributed by atoms with E-state index in [1.54, 1.807) is 5.32 Å². The Balaban J connectivity index is 3.12.